The smallest absolute Gasteiger partial charge is 0.308 e. The number of carbonyl (C=O) groups is 3. The SMILES string of the molecule is CC(=O)OCc1cc(OC(C)=O)cc(Cl)c1OC(C)=O. The van der Waals surface area contributed by atoms with Crippen LogP contribution in [0.3, 0.4) is 0 Å². The van der Waals surface area contributed by atoms with Gasteiger partial charge < -0.3 is 14.2 Å². The zero-order valence-corrected chi connectivity index (χ0v) is 11.9. The van der Waals surface area contributed by atoms with E-state index in [1.54, 1.807) is 0 Å². The highest BCUT2D eigenvalue weighted by Gasteiger charge is 2.16. The Hall–Kier alpha value is -2.08. The summed E-state index contributed by atoms with van der Waals surface area (Å²) in [6.45, 7) is 3.53. The van der Waals surface area contributed by atoms with Gasteiger partial charge in [0.2, 0.25) is 0 Å². The molecule has 1 aromatic rings. The first-order valence-corrected chi connectivity index (χ1v) is 6.00. The average molecular weight is 301 g/mol. The summed E-state index contributed by atoms with van der Waals surface area (Å²) in [5.41, 5.74) is 0.319. The van der Waals surface area contributed by atoms with E-state index in [1.165, 1.54) is 32.9 Å². The summed E-state index contributed by atoms with van der Waals surface area (Å²) in [5.74, 6) is -1.37. The molecule has 108 valence electrons. The molecular weight excluding hydrogens is 288 g/mol. The van der Waals surface area contributed by atoms with Crippen LogP contribution in [0, 0.1) is 0 Å². The molecule has 0 heterocycles. The van der Waals surface area contributed by atoms with Crippen LogP contribution >= 0.6 is 11.6 Å². The predicted octanol–water partition coefficient (Wildman–Crippen LogP) is 2.25. The Balaban J connectivity index is 3.16. The lowest BCUT2D eigenvalue weighted by molar-refractivity contribution is -0.142. The molecule has 0 aliphatic rings. The Labute approximate surface area is 120 Å². The van der Waals surface area contributed by atoms with Gasteiger partial charge in [0.05, 0.1) is 5.02 Å². The second kappa shape index (κ2) is 6.91. The van der Waals surface area contributed by atoms with Gasteiger partial charge in [-0.1, -0.05) is 11.6 Å². The molecule has 0 saturated heterocycles. The molecule has 0 radical (unpaired) electrons. The lowest BCUT2D eigenvalue weighted by atomic mass is 10.2. The van der Waals surface area contributed by atoms with Gasteiger partial charge in [0, 0.05) is 32.4 Å². The van der Waals surface area contributed by atoms with Crippen molar-refractivity contribution >= 4 is 29.5 Å². The van der Waals surface area contributed by atoms with Crippen molar-refractivity contribution in [3.63, 3.8) is 0 Å². The Morgan fingerprint density at radius 3 is 2.10 bits per heavy atom. The quantitative estimate of drug-likeness (QED) is 0.627. The van der Waals surface area contributed by atoms with Crippen molar-refractivity contribution in [2.24, 2.45) is 0 Å². The average Bonchev–Trinajstić information content (AvgIpc) is 2.29. The number of carbonyl (C=O) groups excluding carboxylic acids is 3. The Bertz CT molecular complexity index is 552. The van der Waals surface area contributed by atoms with E-state index < -0.39 is 17.9 Å². The van der Waals surface area contributed by atoms with Gasteiger partial charge in [-0.15, -0.1) is 0 Å². The molecule has 1 aromatic carbocycles. The van der Waals surface area contributed by atoms with E-state index in [0.29, 0.717) is 5.56 Å². The van der Waals surface area contributed by atoms with Crippen molar-refractivity contribution in [3.8, 4) is 11.5 Å². The monoisotopic (exact) mass is 300 g/mol. The van der Waals surface area contributed by atoms with E-state index in [0.717, 1.165) is 0 Å². The summed E-state index contributed by atoms with van der Waals surface area (Å²) in [4.78, 5) is 32.8. The molecule has 0 aromatic heterocycles. The number of hydrogen-bond donors (Lipinski definition) is 0. The lowest BCUT2D eigenvalue weighted by Crippen LogP contribution is -2.08. The number of benzene rings is 1. The van der Waals surface area contributed by atoms with Crippen LogP contribution in [0.1, 0.15) is 26.3 Å². The Kier molecular flexibility index (Phi) is 5.52. The Morgan fingerprint density at radius 2 is 1.60 bits per heavy atom. The zero-order valence-electron chi connectivity index (χ0n) is 11.2. The standard InChI is InChI=1S/C13H13ClO6/c1-7(15)18-6-10-4-11(19-8(2)16)5-12(14)13(10)20-9(3)17/h4-5H,6H2,1-3H3. The Morgan fingerprint density at radius 1 is 1.00 bits per heavy atom. The number of esters is 3. The molecule has 0 amide bonds. The second-order valence-corrected chi connectivity index (χ2v) is 4.27. The van der Waals surface area contributed by atoms with Crippen molar-refractivity contribution < 1.29 is 28.6 Å². The van der Waals surface area contributed by atoms with Gasteiger partial charge >= 0.3 is 17.9 Å². The minimum absolute atomic E-state index is 0.0660. The fourth-order valence-corrected chi connectivity index (χ4v) is 1.66. The van der Waals surface area contributed by atoms with Gasteiger partial charge in [0.1, 0.15) is 12.4 Å². The molecule has 0 spiro atoms. The highest BCUT2D eigenvalue weighted by atomic mass is 35.5. The van der Waals surface area contributed by atoms with Crippen molar-refractivity contribution in [3.05, 3.63) is 22.7 Å². The summed E-state index contributed by atoms with van der Waals surface area (Å²) in [5, 5.41) is 0.0705. The normalized spacial score (nSPS) is 9.80. The summed E-state index contributed by atoms with van der Waals surface area (Å²) in [6.07, 6.45) is 0. The molecule has 0 aliphatic heterocycles. The van der Waals surface area contributed by atoms with E-state index in [1.807, 2.05) is 0 Å². The molecule has 0 aliphatic carbocycles. The highest BCUT2D eigenvalue weighted by Crippen LogP contribution is 2.34. The molecule has 0 atom stereocenters. The van der Waals surface area contributed by atoms with Crippen molar-refractivity contribution in [1.82, 2.24) is 0 Å². The molecular formula is C13H13ClO6. The third-order valence-corrected chi connectivity index (χ3v) is 2.31. The molecule has 6 nitrogen and oxygen atoms in total. The van der Waals surface area contributed by atoms with Gasteiger partial charge in [-0.3, -0.25) is 14.4 Å². The van der Waals surface area contributed by atoms with Gasteiger partial charge in [0.15, 0.2) is 5.75 Å². The predicted molar refractivity (Wildman–Crippen MR) is 69.5 cm³/mol. The van der Waals surface area contributed by atoms with Crippen LogP contribution in [0.4, 0.5) is 0 Å². The molecule has 20 heavy (non-hydrogen) atoms. The van der Waals surface area contributed by atoms with Crippen LogP contribution in [0.2, 0.25) is 5.02 Å². The summed E-state index contributed by atoms with van der Waals surface area (Å²) >= 11 is 5.97. The van der Waals surface area contributed by atoms with E-state index in [2.05, 4.69) is 0 Å². The molecule has 0 saturated carbocycles. The molecule has 7 heteroatoms. The maximum Gasteiger partial charge on any atom is 0.308 e. The van der Waals surface area contributed by atoms with E-state index in [9.17, 15) is 14.4 Å². The van der Waals surface area contributed by atoms with Gasteiger partial charge in [-0.25, -0.2) is 0 Å². The number of ether oxygens (including phenoxy) is 3. The largest absolute Gasteiger partial charge is 0.461 e. The molecule has 1 rings (SSSR count). The van der Waals surface area contributed by atoms with Gasteiger partial charge in [-0.05, 0) is 6.07 Å². The van der Waals surface area contributed by atoms with Crippen molar-refractivity contribution in [2.75, 3.05) is 0 Å². The summed E-state index contributed by atoms with van der Waals surface area (Å²) in [7, 11) is 0. The fourth-order valence-electron chi connectivity index (χ4n) is 1.39. The van der Waals surface area contributed by atoms with E-state index in [4.69, 9.17) is 25.8 Å². The third-order valence-electron chi connectivity index (χ3n) is 2.03. The van der Waals surface area contributed by atoms with Crippen LogP contribution in [-0.4, -0.2) is 17.9 Å². The topological polar surface area (TPSA) is 78.9 Å². The van der Waals surface area contributed by atoms with Crippen LogP contribution in [0.15, 0.2) is 12.1 Å². The molecule has 0 fully saturated rings. The number of rotatable bonds is 4. The minimum Gasteiger partial charge on any atom is -0.461 e. The summed E-state index contributed by atoms with van der Waals surface area (Å²) in [6, 6.07) is 2.74. The van der Waals surface area contributed by atoms with Crippen molar-refractivity contribution in [2.45, 2.75) is 27.4 Å². The fraction of sp³-hybridized carbons (Fsp3) is 0.308. The second-order valence-electron chi connectivity index (χ2n) is 3.86. The summed E-state index contributed by atoms with van der Waals surface area (Å²) < 4.78 is 14.7. The van der Waals surface area contributed by atoms with Crippen LogP contribution in [0.5, 0.6) is 11.5 Å². The first-order valence-electron chi connectivity index (χ1n) is 5.62. The van der Waals surface area contributed by atoms with Crippen LogP contribution in [0.25, 0.3) is 0 Å². The maximum absolute atomic E-state index is 11.0. The molecule has 0 bridgehead atoms. The molecule has 0 N–H and O–H groups in total. The third kappa shape index (κ3) is 4.89. The zero-order chi connectivity index (χ0) is 15.3. The first kappa shape index (κ1) is 16.0. The lowest BCUT2D eigenvalue weighted by Gasteiger charge is -2.13. The number of halogens is 1. The minimum atomic E-state index is -0.573. The van der Waals surface area contributed by atoms with E-state index >= 15 is 0 Å². The first-order chi connectivity index (χ1) is 9.29. The number of hydrogen-bond acceptors (Lipinski definition) is 6. The van der Waals surface area contributed by atoms with Crippen molar-refractivity contribution in [1.29, 1.82) is 0 Å². The highest BCUT2D eigenvalue weighted by molar-refractivity contribution is 6.32. The van der Waals surface area contributed by atoms with Crippen LogP contribution < -0.4 is 9.47 Å². The molecule has 0 unspecified atom stereocenters. The van der Waals surface area contributed by atoms with Gasteiger partial charge in [0.25, 0.3) is 0 Å². The van der Waals surface area contributed by atoms with Crippen LogP contribution in [-0.2, 0) is 25.7 Å². The maximum atomic E-state index is 11.0. The van der Waals surface area contributed by atoms with Gasteiger partial charge in [-0.2, -0.15) is 0 Å². The van der Waals surface area contributed by atoms with E-state index in [-0.39, 0.29) is 23.1 Å².